The Morgan fingerprint density at radius 2 is 1.85 bits per heavy atom. The number of sulfonamides is 1. The maximum atomic E-state index is 12.7. The van der Waals surface area contributed by atoms with Gasteiger partial charge in [0, 0.05) is 0 Å². The lowest BCUT2D eigenvalue weighted by molar-refractivity contribution is -0.136. The summed E-state index contributed by atoms with van der Waals surface area (Å²) in [7, 11) is -3.79. The standard InChI is InChI=1S/C12H17F3N2O2S/c1-2-16-8-5-9-20(18,19)17-11-7-4-3-6-10(11)12(13,14)15/h3-4,6-7,16-17H,2,5,8-9H2,1H3. The zero-order valence-corrected chi connectivity index (χ0v) is 11.8. The summed E-state index contributed by atoms with van der Waals surface area (Å²) in [5, 5.41) is 2.95. The highest BCUT2D eigenvalue weighted by Gasteiger charge is 2.34. The van der Waals surface area contributed by atoms with Gasteiger partial charge in [-0.05, 0) is 31.6 Å². The van der Waals surface area contributed by atoms with E-state index in [-0.39, 0.29) is 5.75 Å². The molecule has 0 spiro atoms. The van der Waals surface area contributed by atoms with Gasteiger partial charge in [0.15, 0.2) is 0 Å². The van der Waals surface area contributed by atoms with E-state index >= 15 is 0 Å². The molecule has 1 aromatic rings. The van der Waals surface area contributed by atoms with E-state index in [0.29, 0.717) is 19.5 Å². The molecule has 1 aromatic carbocycles. The Hall–Kier alpha value is -1.28. The Morgan fingerprint density at radius 1 is 1.20 bits per heavy atom. The van der Waals surface area contributed by atoms with E-state index < -0.39 is 27.5 Å². The van der Waals surface area contributed by atoms with Gasteiger partial charge in [0.25, 0.3) is 0 Å². The van der Waals surface area contributed by atoms with Gasteiger partial charge >= 0.3 is 6.18 Å². The lowest BCUT2D eigenvalue weighted by Gasteiger charge is -2.14. The number of para-hydroxylation sites is 1. The molecule has 1 rings (SSSR count). The maximum Gasteiger partial charge on any atom is 0.418 e. The van der Waals surface area contributed by atoms with Crippen molar-refractivity contribution in [3.63, 3.8) is 0 Å². The highest BCUT2D eigenvalue weighted by atomic mass is 32.2. The second-order valence-corrected chi connectivity index (χ2v) is 6.01. The van der Waals surface area contributed by atoms with Crippen LogP contribution in [-0.4, -0.2) is 27.3 Å². The van der Waals surface area contributed by atoms with Gasteiger partial charge in [0.05, 0.1) is 17.0 Å². The van der Waals surface area contributed by atoms with Crippen LogP contribution in [0.3, 0.4) is 0 Å². The van der Waals surface area contributed by atoms with Crippen molar-refractivity contribution in [1.82, 2.24) is 5.32 Å². The fourth-order valence-corrected chi connectivity index (χ4v) is 2.74. The zero-order valence-electron chi connectivity index (χ0n) is 11.0. The molecule has 0 aliphatic carbocycles. The molecule has 20 heavy (non-hydrogen) atoms. The van der Waals surface area contributed by atoms with E-state index in [9.17, 15) is 21.6 Å². The van der Waals surface area contributed by atoms with Crippen molar-refractivity contribution in [3.8, 4) is 0 Å². The predicted octanol–water partition coefficient (Wildman–Crippen LogP) is 2.45. The summed E-state index contributed by atoms with van der Waals surface area (Å²) in [5.41, 5.74) is -1.43. The lowest BCUT2D eigenvalue weighted by Crippen LogP contribution is -2.23. The molecule has 0 atom stereocenters. The smallest absolute Gasteiger partial charge is 0.317 e. The highest BCUT2D eigenvalue weighted by molar-refractivity contribution is 7.92. The lowest BCUT2D eigenvalue weighted by atomic mass is 10.2. The van der Waals surface area contributed by atoms with Gasteiger partial charge in [-0.1, -0.05) is 19.1 Å². The summed E-state index contributed by atoms with van der Waals surface area (Å²) in [5.74, 6) is -0.230. The highest BCUT2D eigenvalue weighted by Crippen LogP contribution is 2.34. The number of hydrogen-bond acceptors (Lipinski definition) is 3. The molecule has 114 valence electrons. The Kier molecular flexibility index (Phi) is 5.82. The Bertz CT molecular complexity index is 530. The normalized spacial score (nSPS) is 12.4. The minimum Gasteiger partial charge on any atom is -0.317 e. The first-order valence-electron chi connectivity index (χ1n) is 6.13. The summed E-state index contributed by atoms with van der Waals surface area (Å²) in [4.78, 5) is 0. The van der Waals surface area contributed by atoms with Crippen molar-refractivity contribution in [2.45, 2.75) is 19.5 Å². The van der Waals surface area contributed by atoms with Gasteiger partial charge in [-0.25, -0.2) is 8.42 Å². The summed E-state index contributed by atoms with van der Waals surface area (Å²) in [6.07, 6.45) is -4.26. The summed E-state index contributed by atoms with van der Waals surface area (Å²) >= 11 is 0. The second-order valence-electron chi connectivity index (χ2n) is 4.17. The Labute approximate surface area is 116 Å². The average molecular weight is 310 g/mol. The van der Waals surface area contributed by atoms with E-state index in [1.807, 2.05) is 11.6 Å². The molecule has 2 N–H and O–H groups in total. The van der Waals surface area contributed by atoms with Crippen molar-refractivity contribution < 1.29 is 21.6 Å². The molecule has 0 saturated carbocycles. The fraction of sp³-hybridized carbons (Fsp3) is 0.500. The van der Waals surface area contributed by atoms with Gasteiger partial charge in [-0.15, -0.1) is 0 Å². The second kappa shape index (κ2) is 6.94. The number of benzene rings is 1. The van der Waals surface area contributed by atoms with E-state index in [2.05, 4.69) is 5.32 Å². The van der Waals surface area contributed by atoms with Crippen molar-refractivity contribution in [2.24, 2.45) is 0 Å². The third kappa shape index (κ3) is 5.38. The van der Waals surface area contributed by atoms with Crippen molar-refractivity contribution in [1.29, 1.82) is 0 Å². The number of rotatable bonds is 7. The molecule has 0 bridgehead atoms. The molecule has 0 aliphatic rings. The third-order valence-corrected chi connectivity index (χ3v) is 3.87. The van der Waals surface area contributed by atoms with Crippen molar-refractivity contribution >= 4 is 15.7 Å². The van der Waals surface area contributed by atoms with Crippen LogP contribution in [0.2, 0.25) is 0 Å². The van der Waals surface area contributed by atoms with E-state index in [0.717, 1.165) is 12.1 Å². The fourth-order valence-electron chi connectivity index (χ4n) is 1.60. The molecule has 0 saturated heterocycles. The number of halogens is 3. The SMILES string of the molecule is CCNCCCS(=O)(=O)Nc1ccccc1C(F)(F)F. The average Bonchev–Trinajstić information content (AvgIpc) is 2.33. The summed E-state index contributed by atoms with van der Waals surface area (Å²) < 4.78 is 63.7. The van der Waals surface area contributed by atoms with Crippen LogP contribution in [0, 0.1) is 0 Å². The van der Waals surface area contributed by atoms with Gasteiger partial charge in [0.1, 0.15) is 0 Å². The van der Waals surface area contributed by atoms with Gasteiger partial charge in [-0.3, -0.25) is 4.72 Å². The van der Waals surface area contributed by atoms with Gasteiger partial charge in [-0.2, -0.15) is 13.2 Å². The molecule has 8 heteroatoms. The summed E-state index contributed by atoms with van der Waals surface area (Å²) in [6, 6.07) is 4.51. The number of nitrogens with one attached hydrogen (secondary N) is 2. The van der Waals surface area contributed by atoms with E-state index in [4.69, 9.17) is 0 Å². The number of hydrogen-bond donors (Lipinski definition) is 2. The molecule has 0 unspecified atom stereocenters. The molecule has 0 fully saturated rings. The number of anilines is 1. The van der Waals surface area contributed by atoms with Gasteiger partial charge in [0.2, 0.25) is 10.0 Å². The quantitative estimate of drug-likeness (QED) is 0.761. The van der Waals surface area contributed by atoms with E-state index in [1.165, 1.54) is 12.1 Å². The Balaban J connectivity index is 2.78. The molecule has 0 heterocycles. The van der Waals surface area contributed by atoms with Crippen molar-refractivity contribution in [3.05, 3.63) is 29.8 Å². The van der Waals surface area contributed by atoms with Gasteiger partial charge < -0.3 is 5.32 Å². The maximum absolute atomic E-state index is 12.7. The summed E-state index contributed by atoms with van der Waals surface area (Å²) in [6.45, 7) is 3.09. The molecule has 0 radical (unpaired) electrons. The largest absolute Gasteiger partial charge is 0.418 e. The minimum atomic E-state index is -4.59. The monoisotopic (exact) mass is 310 g/mol. The topological polar surface area (TPSA) is 58.2 Å². The first kappa shape index (κ1) is 16.8. The van der Waals surface area contributed by atoms with Crippen LogP contribution < -0.4 is 10.0 Å². The molecule has 0 aliphatic heterocycles. The predicted molar refractivity (Wildman–Crippen MR) is 72.0 cm³/mol. The minimum absolute atomic E-state index is 0.230. The third-order valence-electron chi connectivity index (χ3n) is 2.51. The van der Waals surface area contributed by atoms with E-state index in [1.54, 1.807) is 0 Å². The van der Waals surface area contributed by atoms with Crippen LogP contribution in [0.25, 0.3) is 0 Å². The first-order chi connectivity index (χ1) is 9.26. The van der Waals surface area contributed by atoms with Crippen LogP contribution >= 0.6 is 0 Å². The molecular formula is C12H17F3N2O2S. The molecule has 0 aromatic heterocycles. The van der Waals surface area contributed by atoms with Crippen LogP contribution in [0.1, 0.15) is 18.9 Å². The number of alkyl halides is 3. The molecule has 0 amide bonds. The molecule has 4 nitrogen and oxygen atoms in total. The van der Waals surface area contributed by atoms with Crippen LogP contribution in [-0.2, 0) is 16.2 Å². The van der Waals surface area contributed by atoms with Crippen LogP contribution in [0.4, 0.5) is 18.9 Å². The van der Waals surface area contributed by atoms with Crippen LogP contribution in [0.15, 0.2) is 24.3 Å². The zero-order chi connectivity index (χ0) is 15.2. The Morgan fingerprint density at radius 3 is 2.45 bits per heavy atom. The van der Waals surface area contributed by atoms with Crippen molar-refractivity contribution in [2.75, 3.05) is 23.6 Å². The molecular weight excluding hydrogens is 293 g/mol. The van der Waals surface area contributed by atoms with Crippen LogP contribution in [0.5, 0.6) is 0 Å². The first-order valence-corrected chi connectivity index (χ1v) is 7.79.